The number of rotatable bonds is 1. The molecule has 1 fully saturated rings. The average molecular weight is 208 g/mol. The number of hydrogen-bond donors (Lipinski definition) is 1. The minimum atomic E-state index is -0.116. The fourth-order valence-electron chi connectivity index (χ4n) is 2.04. The Balaban J connectivity index is 2.30. The van der Waals surface area contributed by atoms with Gasteiger partial charge in [0, 0.05) is 25.7 Å². The van der Waals surface area contributed by atoms with Gasteiger partial charge in [-0.15, -0.1) is 0 Å². The third kappa shape index (κ3) is 2.12. The van der Waals surface area contributed by atoms with Crippen LogP contribution in [0.15, 0.2) is 18.2 Å². The molecular weight excluding hydrogens is 191 g/mol. The van der Waals surface area contributed by atoms with E-state index in [1.165, 1.54) is 0 Å². The highest BCUT2D eigenvalue weighted by Crippen LogP contribution is 2.23. The summed E-state index contributed by atoms with van der Waals surface area (Å²) in [5.74, 6) is -0.116. The van der Waals surface area contributed by atoms with Gasteiger partial charge in [0.15, 0.2) is 0 Å². The molecule has 1 aromatic carbocycles. The molecule has 0 spiro atoms. The normalized spacial score (nSPS) is 21.8. The van der Waals surface area contributed by atoms with Crippen LogP contribution in [0, 0.1) is 12.7 Å². The summed E-state index contributed by atoms with van der Waals surface area (Å²) in [5.41, 5.74) is 1.85. The first-order valence-corrected chi connectivity index (χ1v) is 5.42. The molecule has 0 amide bonds. The van der Waals surface area contributed by atoms with Crippen LogP contribution in [0.5, 0.6) is 0 Å². The minimum absolute atomic E-state index is 0.116. The molecule has 1 N–H and O–H groups in total. The Morgan fingerprint density at radius 3 is 3.00 bits per heavy atom. The lowest BCUT2D eigenvalue weighted by Gasteiger charge is -2.36. The fraction of sp³-hybridized carbons (Fsp3) is 0.500. The van der Waals surface area contributed by atoms with Crippen molar-refractivity contribution in [3.8, 4) is 0 Å². The Kier molecular flexibility index (Phi) is 2.91. The molecule has 2 nitrogen and oxygen atoms in total. The smallest absolute Gasteiger partial charge is 0.146 e. The molecule has 0 aromatic heterocycles. The first-order chi connectivity index (χ1) is 7.18. The van der Waals surface area contributed by atoms with Crippen LogP contribution >= 0.6 is 0 Å². The van der Waals surface area contributed by atoms with Gasteiger partial charge in [-0.05, 0) is 31.5 Å². The maximum Gasteiger partial charge on any atom is 0.146 e. The maximum absolute atomic E-state index is 13.7. The van der Waals surface area contributed by atoms with Gasteiger partial charge in [-0.3, -0.25) is 0 Å². The highest BCUT2D eigenvalue weighted by molar-refractivity contribution is 5.51. The van der Waals surface area contributed by atoms with Gasteiger partial charge in [-0.2, -0.15) is 0 Å². The summed E-state index contributed by atoms with van der Waals surface area (Å²) in [6, 6.07) is 5.65. The molecular formula is C12H17FN2. The monoisotopic (exact) mass is 208 g/mol. The molecule has 0 saturated carbocycles. The number of halogens is 1. The van der Waals surface area contributed by atoms with Gasteiger partial charge in [-0.25, -0.2) is 4.39 Å². The Morgan fingerprint density at radius 1 is 1.47 bits per heavy atom. The number of nitrogens with zero attached hydrogens (tertiary/aromatic N) is 1. The quantitative estimate of drug-likeness (QED) is 0.758. The van der Waals surface area contributed by atoms with Crippen LogP contribution in [0.3, 0.4) is 0 Å². The van der Waals surface area contributed by atoms with E-state index in [1.807, 2.05) is 19.1 Å². The summed E-state index contributed by atoms with van der Waals surface area (Å²) in [6.07, 6.45) is 0. The molecule has 0 bridgehead atoms. The second-order valence-corrected chi connectivity index (χ2v) is 4.20. The summed E-state index contributed by atoms with van der Waals surface area (Å²) in [4.78, 5) is 2.14. The van der Waals surface area contributed by atoms with Gasteiger partial charge in [0.2, 0.25) is 0 Å². The number of hydrogen-bond acceptors (Lipinski definition) is 2. The molecule has 3 heteroatoms. The molecule has 2 rings (SSSR count). The lowest BCUT2D eigenvalue weighted by molar-refractivity contribution is 0.491. The standard InChI is InChI=1S/C12H17FN2/c1-9-3-4-11(13)12(7-9)15-6-5-14-8-10(15)2/h3-4,7,10,14H,5-6,8H2,1-2H3/t10-/m1/s1. The van der Waals surface area contributed by atoms with Crippen molar-refractivity contribution in [2.75, 3.05) is 24.5 Å². The van der Waals surface area contributed by atoms with Crippen molar-refractivity contribution in [2.24, 2.45) is 0 Å². The second kappa shape index (κ2) is 4.19. The van der Waals surface area contributed by atoms with Gasteiger partial charge >= 0.3 is 0 Å². The predicted molar refractivity (Wildman–Crippen MR) is 60.8 cm³/mol. The van der Waals surface area contributed by atoms with E-state index in [0.29, 0.717) is 6.04 Å². The number of benzene rings is 1. The molecule has 0 unspecified atom stereocenters. The molecule has 1 aliphatic rings. The van der Waals surface area contributed by atoms with Crippen molar-refractivity contribution in [3.63, 3.8) is 0 Å². The first kappa shape index (κ1) is 10.4. The summed E-state index contributed by atoms with van der Waals surface area (Å²) in [5, 5.41) is 3.30. The summed E-state index contributed by atoms with van der Waals surface area (Å²) in [7, 11) is 0. The summed E-state index contributed by atoms with van der Waals surface area (Å²) >= 11 is 0. The maximum atomic E-state index is 13.7. The second-order valence-electron chi connectivity index (χ2n) is 4.20. The van der Waals surface area contributed by atoms with Crippen molar-refractivity contribution in [1.82, 2.24) is 5.32 Å². The zero-order chi connectivity index (χ0) is 10.8. The largest absolute Gasteiger partial charge is 0.364 e. The number of nitrogens with one attached hydrogen (secondary N) is 1. The van der Waals surface area contributed by atoms with E-state index in [-0.39, 0.29) is 5.82 Å². The first-order valence-electron chi connectivity index (χ1n) is 5.42. The van der Waals surface area contributed by atoms with E-state index in [1.54, 1.807) is 6.07 Å². The van der Waals surface area contributed by atoms with E-state index in [0.717, 1.165) is 30.9 Å². The topological polar surface area (TPSA) is 15.3 Å². The Labute approximate surface area is 90.1 Å². The molecule has 1 saturated heterocycles. The van der Waals surface area contributed by atoms with Crippen LogP contribution in [0.4, 0.5) is 10.1 Å². The average Bonchev–Trinajstić information content (AvgIpc) is 2.23. The van der Waals surface area contributed by atoms with Crippen LogP contribution in [0.2, 0.25) is 0 Å². The molecule has 0 radical (unpaired) electrons. The molecule has 0 aliphatic carbocycles. The van der Waals surface area contributed by atoms with E-state index in [2.05, 4.69) is 17.1 Å². The number of aryl methyl sites for hydroxylation is 1. The van der Waals surface area contributed by atoms with Crippen molar-refractivity contribution in [1.29, 1.82) is 0 Å². The van der Waals surface area contributed by atoms with Gasteiger partial charge in [-0.1, -0.05) is 6.07 Å². The lowest BCUT2D eigenvalue weighted by atomic mass is 10.1. The molecule has 82 valence electrons. The van der Waals surface area contributed by atoms with Crippen LogP contribution in [0.1, 0.15) is 12.5 Å². The Bertz CT molecular complexity index is 351. The third-order valence-corrected chi connectivity index (χ3v) is 2.91. The van der Waals surface area contributed by atoms with Crippen molar-refractivity contribution < 1.29 is 4.39 Å². The van der Waals surface area contributed by atoms with Crippen LogP contribution in [-0.4, -0.2) is 25.7 Å². The lowest BCUT2D eigenvalue weighted by Crippen LogP contribution is -2.50. The number of piperazine rings is 1. The van der Waals surface area contributed by atoms with Gasteiger partial charge < -0.3 is 10.2 Å². The van der Waals surface area contributed by atoms with E-state index in [4.69, 9.17) is 0 Å². The highest BCUT2D eigenvalue weighted by Gasteiger charge is 2.20. The highest BCUT2D eigenvalue weighted by atomic mass is 19.1. The Morgan fingerprint density at radius 2 is 2.27 bits per heavy atom. The SMILES string of the molecule is Cc1ccc(F)c(N2CCNC[C@H]2C)c1. The van der Waals surface area contributed by atoms with Crippen LogP contribution in [-0.2, 0) is 0 Å². The van der Waals surface area contributed by atoms with Crippen molar-refractivity contribution in [3.05, 3.63) is 29.6 Å². The van der Waals surface area contributed by atoms with Crippen molar-refractivity contribution >= 4 is 5.69 Å². The molecule has 15 heavy (non-hydrogen) atoms. The third-order valence-electron chi connectivity index (χ3n) is 2.91. The predicted octanol–water partition coefficient (Wildman–Crippen LogP) is 1.93. The van der Waals surface area contributed by atoms with Gasteiger partial charge in [0.1, 0.15) is 5.82 Å². The summed E-state index contributed by atoms with van der Waals surface area (Å²) in [6.45, 7) is 6.84. The molecule has 1 aromatic rings. The van der Waals surface area contributed by atoms with E-state index < -0.39 is 0 Å². The zero-order valence-corrected chi connectivity index (χ0v) is 9.26. The molecule has 1 aliphatic heterocycles. The zero-order valence-electron chi connectivity index (χ0n) is 9.26. The van der Waals surface area contributed by atoms with Crippen molar-refractivity contribution in [2.45, 2.75) is 19.9 Å². The molecule has 1 heterocycles. The van der Waals surface area contributed by atoms with Crippen LogP contribution in [0.25, 0.3) is 0 Å². The van der Waals surface area contributed by atoms with Gasteiger partial charge in [0.05, 0.1) is 5.69 Å². The molecule has 1 atom stereocenters. The minimum Gasteiger partial charge on any atom is -0.364 e. The van der Waals surface area contributed by atoms with Gasteiger partial charge in [0.25, 0.3) is 0 Å². The summed E-state index contributed by atoms with van der Waals surface area (Å²) < 4.78 is 13.7. The van der Waals surface area contributed by atoms with E-state index in [9.17, 15) is 4.39 Å². The number of anilines is 1. The Hall–Kier alpha value is -1.09. The fourth-order valence-corrected chi connectivity index (χ4v) is 2.04. The van der Waals surface area contributed by atoms with E-state index >= 15 is 0 Å². The van der Waals surface area contributed by atoms with Crippen LogP contribution < -0.4 is 10.2 Å².